The smallest absolute Gasteiger partial charge is 0.327 e. The number of methoxy groups -OCH3 is 1. The third-order valence-electron chi connectivity index (χ3n) is 4.63. The maximum absolute atomic E-state index is 12.3. The first-order valence-corrected chi connectivity index (χ1v) is 8.90. The van der Waals surface area contributed by atoms with Crippen LogP contribution in [-0.4, -0.2) is 54.0 Å². The van der Waals surface area contributed by atoms with Gasteiger partial charge in [-0.3, -0.25) is 19.3 Å². The number of nitrogens with zero attached hydrogens (tertiary/aromatic N) is 1. The molecule has 1 saturated heterocycles. The van der Waals surface area contributed by atoms with E-state index in [4.69, 9.17) is 9.47 Å². The fourth-order valence-electron chi connectivity index (χ4n) is 2.70. The number of imide groups is 1. The maximum Gasteiger partial charge on any atom is 0.327 e. The molecule has 0 bridgehead atoms. The molecule has 1 heterocycles. The van der Waals surface area contributed by atoms with E-state index in [1.807, 2.05) is 13.0 Å². The van der Waals surface area contributed by atoms with Crippen molar-refractivity contribution in [3.05, 3.63) is 23.8 Å². The number of hydrogen-bond donors (Lipinski definition) is 2. The monoisotopic (exact) mass is 391 g/mol. The van der Waals surface area contributed by atoms with Gasteiger partial charge < -0.3 is 20.1 Å². The van der Waals surface area contributed by atoms with Gasteiger partial charge in [-0.15, -0.1) is 0 Å². The van der Waals surface area contributed by atoms with Crippen molar-refractivity contribution >= 4 is 29.5 Å². The summed E-state index contributed by atoms with van der Waals surface area (Å²) in [7, 11) is 1.48. The molecule has 2 N–H and O–H groups in total. The van der Waals surface area contributed by atoms with Gasteiger partial charge in [-0.05, 0) is 44.9 Å². The summed E-state index contributed by atoms with van der Waals surface area (Å²) in [6, 6.07) is 4.61. The predicted octanol–water partition coefficient (Wildman–Crippen LogP) is 1.59. The zero-order valence-electron chi connectivity index (χ0n) is 16.6. The van der Waals surface area contributed by atoms with E-state index in [0.29, 0.717) is 17.9 Å². The average Bonchev–Trinajstić information content (AvgIpc) is 2.85. The van der Waals surface area contributed by atoms with Gasteiger partial charge in [-0.1, -0.05) is 13.0 Å². The minimum Gasteiger partial charge on any atom is -0.495 e. The van der Waals surface area contributed by atoms with Crippen molar-refractivity contribution in [1.29, 1.82) is 0 Å². The Bertz CT molecular complexity index is 809. The summed E-state index contributed by atoms with van der Waals surface area (Å²) in [5.41, 5.74) is 0.323. The normalized spacial score (nSPS) is 19.8. The topological polar surface area (TPSA) is 114 Å². The number of urea groups is 1. The van der Waals surface area contributed by atoms with Gasteiger partial charge in [0.15, 0.2) is 6.10 Å². The van der Waals surface area contributed by atoms with Crippen LogP contribution in [0.4, 0.5) is 10.5 Å². The van der Waals surface area contributed by atoms with Gasteiger partial charge in [0.25, 0.3) is 11.8 Å². The summed E-state index contributed by atoms with van der Waals surface area (Å²) in [5.74, 6) is -1.45. The fraction of sp³-hybridized carbons (Fsp3) is 0.474. The zero-order valence-corrected chi connectivity index (χ0v) is 16.6. The molecule has 1 fully saturated rings. The van der Waals surface area contributed by atoms with Crippen molar-refractivity contribution < 1.29 is 28.7 Å². The molecule has 0 spiro atoms. The first-order chi connectivity index (χ1) is 13.1. The molecule has 152 valence electrons. The van der Waals surface area contributed by atoms with Gasteiger partial charge in [0.1, 0.15) is 17.8 Å². The SMILES string of the molecule is CC[C@@]1(C)NC(=O)N(CC(=O)O[C@@H](C)C(=O)Nc2cc(C)ccc2OC)C1=O. The second kappa shape index (κ2) is 8.28. The molecule has 9 heteroatoms. The van der Waals surface area contributed by atoms with Gasteiger partial charge in [0.05, 0.1) is 12.8 Å². The quantitative estimate of drug-likeness (QED) is 0.539. The van der Waals surface area contributed by atoms with Crippen LogP contribution in [0.25, 0.3) is 0 Å². The van der Waals surface area contributed by atoms with E-state index in [-0.39, 0.29) is 0 Å². The van der Waals surface area contributed by atoms with E-state index in [1.165, 1.54) is 14.0 Å². The van der Waals surface area contributed by atoms with Gasteiger partial charge in [-0.25, -0.2) is 4.79 Å². The third-order valence-corrected chi connectivity index (χ3v) is 4.63. The Morgan fingerprint density at radius 1 is 1.32 bits per heavy atom. The Labute approximate surface area is 163 Å². The Hall–Kier alpha value is -3.10. The number of rotatable bonds is 7. The fourth-order valence-corrected chi connectivity index (χ4v) is 2.70. The number of carbonyl (C=O) groups excluding carboxylic acids is 4. The van der Waals surface area contributed by atoms with E-state index < -0.39 is 42.0 Å². The van der Waals surface area contributed by atoms with Crippen LogP contribution >= 0.6 is 0 Å². The summed E-state index contributed by atoms with van der Waals surface area (Å²) in [4.78, 5) is 49.5. The molecule has 0 aromatic heterocycles. The highest BCUT2D eigenvalue weighted by Crippen LogP contribution is 2.25. The highest BCUT2D eigenvalue weighted by molar-refractivity contribution is 6.08. The van der Waals surface area contributed by atoms with Gasteiger partial charge >= 0.3 is 12.0 Å². The number of anilines is 1. The number of esters is 1. The maximum atomic E-state index is 12.3. The Morgan fingerprint density at radius 3 is 2.57 bits per heavy atom. The number of ether oxygens (including phenoxy) is 2. The molecule has 28 heavy (non-hydrogen) atoms. The minimum atomic E-state index is -1.13. The molecule has 9 nitrogen and oxygen atoms in total. The second-order valence-electron chi connectivity index (χ2n) is 6.83. The van der Waals surface area contributed by atoms with Crippen molar-refractivity contribution in [2.24, 2.45) is 0 Å². The number of aryl methyl sites for hydroxylation is 1. The summed E-state index contributed by atoms with van der Waals surface area (Å²) < 4.78 is 10.3. The number of amides is 4. The predicted molar refractivity (Wildman–Crippen MR) is 101 cm³/mol. The minimum absolute atomic E-state index is 0.389. The molecule has 0 radical (unpaired) electrons. The first kappa shape index (κ1) is 21.2. The van der Waals surface area contributed by atoms with Crippen molar-refractivity contribution in [3.8, 4) is 5.75 Å². The van der Waals surface area contributed by atoms with E-state index in [1.54, 1.807) is 26.0 Å². The molecule has 1 aliphatic heterocycles. The van der Waals surface area contributed by atoms with Crippen molar-refractivity contribution in [2.45, 2.75) is 45.8 Å². The second-order valence-corrected chi connectivity index (χ2v) is 6.83. The number of nitrogens with one attached hydrogen (secondary N) is 2. The van der Waals surface area contributed by atoms with Crippen LogP contribution in [0.2, 0.25) is 0 Å². The molecular weight excluding hydrogens is 366 g/mol. The van der Waals surface area contributed by atoms with Gasteiger partial charge in [0, 0.05) is 0 Å². The van der Waals surface area contributed by atoms with E-state index in [2.05, 4.69) is 10.6 Å². The summed E-state index contributed by atoms with van der Waals surface area (Å²) in [5, 5.41) is 5.19. The van der Waals surface area contributed by atoms with Crippen LogP contribution < -0.4 is 15.4 Å². The van der Waals surface area contributed by atoms with Crippen LogP contribution in [0, 0.1) is 6.92 Å². The Balaban J connectivity index is 1.97. The molecule has 1 aliphatic rings. The lowest BCUT2D eigenvalue weighted by atomic mass is 9.99. The van der Waals surface area contributed by atoms with Crippen LogP contribution in [0.5, 0.6) is 5.75 Å². The van der Waals surface area contributed by atoms with E-state index >= 15 is 0 Å². The number of hydrogen-bond acceptors (Lipinski definition) is 6. The molecule has 1 aromatic rings. The highest BCUT2D eigenvalue weighted by Gasteiger charge is 2.47. The summed E-state index contributed by atoms with van der Waals surface area (Å²) in [6.07, 6.45) is -0.740. The molecule has 2 rings (SSSR count). The van der Waals surface area contributed by atoms with Crippen LogP contribution in [0.15, 0.2) is 18.2 Å². The van der Waals surface area contributed by atoms with E-state index in [9.17, 15) is 19.2 Å². The van der Waals surface area contributed by atoms with Crippen LogP contribution in [0.3, 0.4) is 0 Å². The van der Waals surface area contributed by atoms with Crippen molar-refractivity contribution in [1.82, 2.24) is 10.2 Å². The highest BCUT2D eigenvalue weighted by atomic mass is 16.5. The Morgan fingerprint density at radius 2 is 2.00 bits per heavy atom. The van der Waals surface area contributed by atoms with Crippen molar-refractivity contribution in [2.75, 3.05) is 19.0 Å². The van der Waals surface area contributed by atoms with Crippen molar-refractivity contribution in [3.63, 3.8) is 0 Å². The molecule has 0 aliphatic carbocycles. The average molecular weight is 391 g/mol. The summed E-state index contributed by atoms with van der Waals surface area (Å²) in [6.45, 7) is 6.04. The molecule has 4 amide bonds. The van der Waals surface area contributed by atoms with E-state index in [0.717, 1.165) is 10.5 Å². The lowest BCUT2D eigenvalue weighted by Crippen LogP contribution is -2.44. The largest absolute Gasteiger partial charge is 0.495 e. The number of benzene rings is 1. The molecule has 0 unspecified atom stereocenters. The summed E-state index contributed by atoms with van der Waals surface area (Å²) >= 11 is 0. The molecular formula is C19H25N3O6. The third kappa shape index (κ3) is 4.41. The van der Waals surface area contributed by atoms with Crippen LogP contribution in [0.1, 0.15) is 32.8 Å². The first-order valence-electron chi connectivity index (χ1n) is 8.90. The van der Waals surface area contributed by atoms with Crippen LogP contribution in [-0.2, 0) is 19.1 Å². The zero-order chi connectivity index (χ0) is 21.1. The van der Waals surface area contributed by atoms with Gasteiger partial charge in [0.2, 0.25) is 0 Å². The number of carbonyl (C=O) groups is 4. The lowest BCUT2D eigenvalue weighted by Gasteiger charge is -2.19. The standard InChI is InChI=1S/C19H25N3O6/c1-6-19(4)17(25)22(18(26)21-19)10-15(23)28-12(3)16(24)20-13-9-11(2)7-8-14(13)27-5/h7-9,12H,6,10H2,1-5H3,(H,20,24)(H,21,26)/t12-,19+/m0/s1. The lowest BCUT2D eigenvalue weighted by molar-refractivity contribution is -0.155. The Kier molecular flexibility index (Phi) is 6.27. The van der Waals surface area contributed by atoms with Gasteiger partial charge in [-0.2, -0.15) is 0 Å². The molecule has 1 aromatic carbocycles. The molecule has 2 atom stereocenters. The molecule has 0 saturated carbocycles.